The average molecular weight is 313 g/mol. The lowest BCUT2D eigenvalue weighted by Gasteiger charge is -2.27. The molecule has 0 aliphatic rings. The van der Waals surface area contributed by atoms with E-state index in [4.69, 9.17) is 4.74 Å². The molecule has 0 saturated carbocycles. The van der Waals surface area contributed by atoms with Gasteiger partial charge in [0.2, 0.25) is 0 Å². The van der Waals surface area contributed by atoms with Gasteiger partial charge in [-0.3, -0.25) is 9.59 Å². The Hall–Kier alpha value is -1.16. The minimum absolute atomic E-state index is 0.204. The highest BCUT2D eigenvalue weighted by Crippen LogP contribution is 2.33. The largest absolute Gasteiger partial charge is 0.465 e. The summed E-state index contributed by atoms with van der Waals surface area (Å²) in [4.78, 5) is 24.5. The lowest BCUT2D eigenvalue weighted by molar-refractivity contribution is -0.145. The van der Waals surface area contributed by atoms with Crippen molar-refractivity contribution in [1.29, 1.82) is 0 Å². The molecule has 98 valence electrons. The summed E-state index contributed by atoms with van der Waals surface area (Å²) in [5.74, 6) is -1.00. The summed E-state index contributed by atoms with van der Waals surface area (Å²) in [6.07, 6.45) is 0. The van der Waals surface area contributed by atoms with Crippen LogP contribution in [0.25, 0.3) is 0 Å². The predicted molar refractivity (Wildman–Crippen MR) is 73.9 cm³/mol. The molecule has 0 aliphatic carbocycles. The molecule has 3 nitrogen and oxygen atoms in total. The van der Waals surface area contributed by atoms with Crippen LogP contribution in [0, 0.1) is 5.92 Å². The Morgan fingerprint density at radius 3 is 2.28 bits per heavy atom. The van der Waals surface area contributed by atoms with Crippen LogP contribution in [0.5, 0.6) is 0 Å². The van der Waals surface area contributed by atoms with Gasteiger partial charge in [0, 0.05) is 5.56 Å². The first-order chi connectivity index (χ1) is 8.44. The number of hydrogen-bond acceptors (Lipinski definition) is 3. The molecule has 0 radical (unpaired) electrons. The van der Waals surface area contributed by atoms with Gasteiger partial charge in [-0.05, 0) is 12.8 Å². The van der Waals surface area contributed by atoms with Crippen molar-refractivity contribution in [3.8, 4) is 0 Å². The van der Waals surface area contributed by atoms with E-state index in [2.05, 4.69) is 15.9 Å². The maximum atomic E-state index is 12.5. The maximum absolute atomic E-state index is 12.5. The lowest BCUT2D eigenvalue weighted by atomic mass is 9.87. The predicted octanol–water partition coefficient (Wildman–Crippen LogP) is 3.22. The van der Waals surface area contributed by atoms with Crippen molar-refractivity contribution in [2.75, 3.05) is 6.61 Å². The second kappa shape index (κ2) is 6.14. The molecule has 0 amide bonds. The Balaban J connectivity index is 3.13. The van der Waals surface area contributed by atoms with Crippen molar-refractivity contribution in [3.05, 3.63) is 35.9 Å². The summed E-state index contributed by atoms with van der Waals surface area (Å²) >= 11 is 3.29. The van der Waals surface area contributed by atoms with Crippen LogP contribution in [0.15, 0.2) is 30.3 Å². The number of rotatable bonds is 5. The van der Waals surface area contributed by atoms with Crippen molar-refractivity contribution >= 4 is 27.7 Å². The molecule has 0 fully saturated rings. The number of ketones is 1. The van der Waals surface area contributed by atoms with Gasteiger partial charge in [0.25, 0.3) is 0 Å². The highest BCUT2D eigenvalue weighted by Gasteiger charge is 2.47. The molecule has 1 atom stereocenters. The fraction of sp³-hybridized carbons (Fsp3) is 0.429. The van der Waals surface area contributed by atoms with Crippen LogP contribution >= 0.6 is 15.9 Å². The van der Waals surface area contributed by atoms with E-state index in [9.17, 15) is 9.59 Å². The van der Waals surface area contributed by atoms with Crippen LogP contribution in [0.1, 0.15) is 31.1 Å². The van der Waals surface area contributed by atoms with Gasteiger partial charge < -0.3 is 4.74 Å². The van der Waals surface area contributed by atoms with E-state index in [1.165, 1.54) is 0 Å². The number of alkyl halides is 1. The third-order valence-electron chi connectivity index (χ3n) is 2.73. The van der Waals surface area contributed by atoms with Crippen LogP contribution < -0.4 is 0 Å². The third kappa shape index (κ3) is 2.80. The molecule has 18 heavy (non-hydrogen) atoms. The van der Waals surface area contributed by atoms with E-state index in [1.807, 2.05) is 19.9 Å². The molecule has 1 aromatic carbocycles. The monoisotopic (exact) mass is 312 g/mol. The molecule has 0 heterocycles. The number of Topliss-reactive ketones (excluding diaryl/α,β-unsaturated/α-hetero) is 1. The lowest BCUT2D eigenvalue weighted by Crippen LogP contribution is -2.46. The first-order valence-corrected chi connectivity index (χ1v) is 6.69. The van der Waals surface area contributed by atoms with Gasteiger partial charge in [-0.1, -0.05) is 60.1 Å². The van der Waals surface area contributed by atoms with E-state index in [0.717, 1.165) is 0 Å². The number of carbonyl (C=O) groups is 2. The fourth-order valence-corrected chi connectivity index (χ4v) is 1.97. The minimum atomic E-state index is -1.32. The van der Waals surface area contributed by atoms with Crippen LogP contribution in [-0.4, -0.2) is 22.7 Å². The minimum Gasteiger partial charge on any atom is -0.465 e. The Morgan fingerprint density at radius 2 is 1.83 bits per heavy atom. The Bertz CT molecular complexity index is 428. The number of hydrogen-bond donors (Lipinski definition) is 0. The van der Waals surface area contributed by atoms with Crippen LogP contribution in [0.3, 0.4) is 0 Å². The van der Waals surface area contributed by atoms with Gasteiger partial charge in [-0.15, -0.1) is 0 Å². The summed E-state index contributed by atoms with van der Waals surface area (Å²) in [6, 6.07) is 8.75. The topological polar surface area (TPSA) is 43.4 Å². The molecule has 0 aromatic heterocycles. The van der Waals surface area contributed by atoms with E-state index in [1.54, 1.807) is 31.2 Å². The zero-order valence-electron chi connectivity index (χ0n) is 10.8. The van der Waals surface area contributed by atoms with E-state index < -0.39 is 10.3 Å². The van der Waals surface area contributed by atoms with E-state index >= 15 is 0 Å². The van der Waals surface area contributed by atoms with E-state index in [-0.39, 0.29) is 18.3 Å². The molecule has 1 rings (SSSR count). The molecular formula is C14H17BrO3. The highest BCUT2D eigenvalue weighted by molar-refractivity contribution is 9.10. The van der Waals surface area contributed by atoms with Crippen molar-refractivity contribution < 1.29 is 14.3 Å². The normalized spacial score (nSPS) is 14.1. The molecule has 0 bridgehead atoms. The van der Waals surface area contributed by atoms with Crippen molar-refractivity contribution in [2.45, 2.75) is 25.1 Å². The standard InChI is InChI=1S/C14H17BrO3/c1-4-18-13(17)14(15,10(2)3)12(16)11-8-6-5-7-9-11/h5-10H,4H2,1-3H3. The zero-order valence-corrected chi connectivity index (χ0v) is 12.4. The summed E-state index contributed by atoms with van der Waals surface area (Å²) < 4.78 is 3.69. The first-order valence-electron chi connectivity index (χ1n) is 5.90. The maximum Gasteiger partial charge on any atom is 0.331 e. The summed E-state index contributed by atoms with van der Waals surface area (Å²) in [5, 5.41) is 0. The van der Waals surface area contributed by atoms with Gasteiger partial charge in [0.05, 0.1) is 6.61 Å². The molecule has 0 spiro atoms. The Morgan fingerprint density at radius 1 is 1.28 bits per heavy atom. The summed E-state index contributed by atoms with van der Waals surface area (Å²) in [6.45, 7) is 5.60. The Labute approximate surface area is 116 Å². The smallest absolute Gasteiger partial charge is 0.331 e. The Kier molecular flexibility index (Phi) is 5.08. The number of halogens is 1. The van der Waals surface area contributed by atoms with Gasteiger partial charge in [-0.2, -0.15) is 0 Å². The van der Waals surface area contributed by atoms with E-state index in [0.29, 0.717) is 5.56 Å². The van der Waals surface area contributed by atoms with Gasteiger partial charge in [-0.25, -0.2) is 0 Å². The zero-order chi connectivity index (χ0) is 13.8. The first kappa shape index (κ1) is 14.9. The van der Waals surface area contributed by atoms with Gasteiger partial charge >= 0.3 is 5.97 Å². The molecular weight excluding hydrogens is 296 g/mol. The second-order valence-electron chi connectivity index (χ2n) is 4.28. The van der Waals surface area contributed by atoms with Crippen molar-refractivity contribution in [1.82, 2.24) is 0 Å². The molecule has 1 unspecified atom stereocenters. The van der Waals surface area contributed by atoms with Gasteiger partial charge in [0.15, 0.2) is 10.1 Å². The second-order valence-corrected chi connectivity index (χ2v) is 5.53. The van der Waals surface area contributed by atoms with Crippen molar-refractivity contribution in [3.63, 3.8) is 0 Å². The molecule has 1 aromatic rings. The number of benzene rings is 1. The van der Waals surface area contributed by atoms with Gasteiger partial charge in [0.1, 0.15) is 0 Å². The SMILES string of the molecule is CCOC(=O)C(Br)(C(=O)c1ccccc1)C(C)C. The third-order valence-corrected chi connectivity index (χ3v) is 4.33. The number of esters is 1. The fourth-order valence-electron chi connectivity index (χ4n) is 1.63. The summed E-state index contributed by atoms with van der Waals surface area (Å²) in [7, 11) is 0. The van der Waals surface area contributed by atoms with Crippen molar-refractivity contribution in [2.24, 2.45) is 5.92 Å². The quantitative estimate of drug-likeness (QED) is 0.363. The molecule has 0 aliphatic heterocycles. The summed E-state index contributed by atoms with van der Waals surface area (Å²) in [5.41, 5.74) is 0.496. The molecule has 0 N–H and O–H groups in total. The highest BCUT2D eigenvalue weighted by atomic mass is 79.9. The average Bonchev–Trinajstić information content (AvgIpc) is 2.37. The molecule has 0 saturated heterocycles. The van der Waals surface area contributed by atoms with Crippen LogP contribution in [-0.2, 0) is 9.53 Å². The van der Waals surface area contributed by atoms with Crippen LogP contribution in [0.4, 0.5) is 0 Å². The number of carbonyl (C=O) groups excluding carboxylic acids is 2. The molecule has 4 heteroatoms. The van der Waals surface area contributed by atoms with Crippen LogP contribution in [0.2, 0.25) is 0 Å². The number of ether oxygens (including phenoxy) is 1.